The largest absolute Gasteiger partial charge is 0.355 e. The van der Waals surface area contributed by atoms with Crippen LogP contribution in [0.1, 0.15) is 60.8 Å². The van der Waals surface area contributed by atoms with E-state index < -0.39 is 15.9 Å². The Morgan fingerprint density at radius 3 is 2.44 bits per heavy atom. The lowest BCUT2D eigenvalue weighted by molar-refractivity contribution is -0.120. The van der Waals surface area contributed by atoms with E-state index in [9.17, 15) is 13.2 Å². The van der Waals surface area contributed by atoms with Crippen molar-refractivity contribution < 1.29 is 17.7 Å². The van der Waals surface area contributed by atoms with Gasteiger partial charge in [-0.1, -0.05) is 67.0 Å². The van der Waals surface area contributed by atoms with Crippen LogP contribution in [0.3, 0.4) is 0 Å². The maximum Gasteiger partial charge on any atom is 0.248 e. The van der Waals surface area contributed by atoms with E-state index in [1.165, 1.54) is 9.87 Å². The van der Waals surface area contributed by atoms with Gasteiger partial charge >= 0.3 is 0 Å². The summed E-state index contributed by atoms with van der Waals surface area (Å²) in [6, 6.07) is 15.6. The fraction of sp³-hybridized carbons (Fsp3) is 0.357. The van der Waals surface area contributed by atoms with Crippen molar-refractivity contribution in [2.45, 2.75) is 51.3 Å². The number of hydrogen-bond donors (Lipinski definition) is 1. The number of benzene rings is 2. The first-order valence-corrected chi connectivity index (χ1v) is 13.7. The van der Waals surface area contributed by atoms with E-state index in [2.05, 4.69) is 24.3 Å². The normalized spacial score (nSPS) is 17.1. The highest BCUT2D eigenvalue weighted by atomic mass is 32.2. The molecule has 4 rings (SSSR count). The lowest BCUT2D eigenvalue weighted by Crippen LogP contribution is -2.43. The molecule has 1 atom stereocenters. The highest BCUT2D eigenvalue weighted by Gasteiger charge is 2.37. The first kappa shape index (κ1) is 25.9. The third-order valence-corrected chi connectivity index (χ3v) is 8.56. The number of carbonyl (C=O) groups excluding carboxylic acids is 1. The molecule has 1 aliphatic heterocycles. The minimum absolute atomic E-state index is 0.0520. The summed E-state index contributed by atoms with van der Waals surface area (Å²) < 4.78 is 34.0. The second-order valence-electron chi connectivity index (χ2n) is 9.67. The third-order valence-electron chi connectivity index (χ3n) is 6.54. The van der Waals surface area contributed by atoms with Gasteiger partial charge < -0.3 is 9.84 Å². The minimum atomic E-state index is -3.90. The highest BCUT2D eigenvalue weighted by Crippen LogP contribution is 2.30. The number of carbonyl (C=O) groups is 1. The molecule has 1 amide bonds. The lowest BCUT2D eigenvalue weighted by Gasteiger charge is -2.31. The van der Waals surface area contributed by atoms with Gasteiger partial charge in [0.2, 0.25) is 15.9 Å². The number of sulfonamides is 1. The molecule has 0 radical (unpaired) electrons. The molecule has 1 aliphatic rings. The molecule has 2 aromatic carbocycles. The van der Waals surface area contributed by atoms with Crippen molar-refractivity contribution >= 4 is 33.8 Å². The summed E-state index contributed by atoms with van der Waals surface area (Å²) in [6.45, 7) is 8.32. The maximum atomic E-state index is 13.6. The molecule has 0 spiro atoms. The van der Waals surface area contributed by atoms with Gasteiger partial charge in [0.05, 0.1) is 5.92 Å². The van der Waals surface area contributed by atoms with Crippen LogP contribution >= 0.6 is 0 Å². The Morgan fingerprint density at radius 1 is 1.08 bits per heavy atom. The number of amides is 1. The summed E-state index contributed by atoms with van der Waals surface area (Å²) >= 11 is 0. The van der Waals surface area contributed by atoms with E-state index in [4.69, 9.17) is 4.52 Å². The first-order chi connectivity index (χ1) is 17.1. The van der Waals surface area contributed by atoms with Gasteiger partial charge in [0.25, 0.3) is 0 Å². The average molecular weight is 508 g/mol. The lowest BCUT2D eigenvalue weighted by atomic mass is 9.98. The molecule has 0 bridgehead atoms. The Kier molecular flexibility index (Phi) is 7.76. The number of aryl methyl sites for hydroxylation is 2. The van der Waals surface area contributed by atoms with E-state index >= 15 is 0 Å². The van der Waals surface area contributed by atoms with E-state index in [1.807, 2.05) is 55.5 Å². The van der Waals surface area contributed by atoms with Crippen LogP contribution in [0.5, 0.6) is 0 Å². The van der Waals surface area contributed by atoms with Crippen LogP contribution in [0.25, 0.3) is 12.2 Å². The van der Waals surface area contributed by atoms with E-state index in [-0.39, 0.29) is 23.1 Å². The summed E-state index contributed by atoms with van der Waals surface area (Å²) in [4.78, 5) is 13.0. The van der Waals surface area contributed by atoms with Crippen molar-refractivity contribution in [3.05, 3.63) is 76.7 Å². The van der Waals surface area contributed by atoms with Crippen molar-refractivity contribution in [3.8, 4) is 0 Å². The molecule has 36 heavy (non-hydrogen) atoms. The van der Waals surface area contributed by atoms with Gasteiger partial charge in [-0.15, -0.1) is 0 Å². The van der Waals surface area contributed by atoms with E-state index in [0.717, 1.165) is 11.1 Å². The van der Waals surface area contributed by atoms with Crippen molar-refractivity contribution in [2.75, 3.05) is 18.4 Å². The monoisotopic (exact) mass is 507 g/mol. The molecule has 3 aromatic rings. The second-order valence-corrected chi connectivity index (χ2v) is 11.5. The van der Waals surface area contributed by atoms with Crippen LogP contribution in [0.4, 0.5) is 5.69 Å². The van der Waals surface area contributed by atoms with Gasteiger partial charge in [-0.05, 0) is 61.9 Å². The Morgan fingerprint density at radius 2 is 1.78 bits per heavy atom. The third kappa shape index (κ3) is 5.77. The van der Waals surface area contributed by atoms with Crippen LogP contribution in [0, 0.1) is 19.8 Å². The SMILES string of the molecule is Cc1ccc(/C=C/c2onc(C)c2S(=O)(=O)N2CCC[C@@H](C(=O)Nc3ccc(C(C)C)cc3)C2)cc1. The molecule has 8 heteroatoms. The van der Waals surface area contributed by atoms with Crippen LogP contribution < -0.4 is 5.32 Å². The summed E-state index contributed by atoms with van der Waals surface area (Å²) in [6.07, 6.45) is 4.66. The molecule has 0 saturated carbocycles. The van der Waals surface area contributed by atoms with Gasteiger partial charge in [-0.2, -0.15) is 4.31 Å². The quantitative estimate of drug-likeness (QED) is 0.448. The molecular formula is C28H33N3O4S. The zero-order valence-electron chi connectivity index (χ0n) is 21.2. The number of aromatic nitrogens is 1. The summed E-state index contributed by atoms with van der Waals surface area (Å²) in [5.41, 5.74) is 4.27. The smallest absolute Gasteiger partial charge is 0.248 e. The van der Waals surface area contributed by atoms with Crippen LogP contribution in [-0.4, -0.2) is 36.9 Å². The summed E-state index contributed by atoms with van der Waals surface area (Å²) in [7, 11) is -3.90. The Balaban J connectivity index is 1.49. The zero-order chi connectivity index (χ0) is 25.9. The van der Waals surface area contributed by atoms with E-state index in [1.54, 1.807) is 19.1 Å². The maximum absolute atomic E-state index is 13.6. The fourth-order valence-corrected chi connectivity index (χ4v) is 6.12. The molecule has 1 fully saturated rings. The van der Waals surface area contributed by atoms with Gasteiger partial charge in [0.15, 0.2) is 10.7 Å². The second kappa shape index (κ2) is 10.8. The highest BCUT2D eigenvalue weighted by molar-refractivity contribution is 7.89. The molecule has 0 aliphatic carbocycles. The van der Waals surface area contributed by atoms with Crippen LogP contribution in [0.2, 0.25) is 0 Å². The van der Waals surface area contributed by atoms with Crippen LogP contribution in [-0.2, 0) is 14.8 Å². The Bertz CT molecular complexity index is 1340. The number of rotatable bonds is 7. The van der Waals surface area contributed by atoms with E-state index in [0.29, 0.717) is 36.7 Å². The van der Waals surface area contributed by atoms with Gasteiger partial charge in [-0.3, -0.25) is 4.79 Å². The topological polar surface area (TPSA) is 92.5 Å². The molecule has 2 heterocycles. The number of nitrogens with zero attached hydrogens (tertiary/aromatic N) is 2. The van der Waals surface area contributed by atoms with Gasteiger partial charge in [0, 0.05) is 18.8 Å². The van der Waals surface area contributed by atoms with Gasteiger partial charge in [-0.25, -0.2) is 8.42 Å². The van der Waals surface area contributed by atoms with Crippen molar-refractivity contribution in [3.63, 3.8) is 0 Å². The number of hydrogen-bond acceptors (Lipinski definition) is 5. The predicted molar refractivity (Wildman–Crippen MR) is 142 cm³/mol. The molecule has 0 unspecified atom stereocenters. The summed E-state index contributed by atoms with van der Waals surface area (Å²) in [5, 5.41) is 6.87. The van der Waals surface area contributed by atoms with Crippen molar-refractivity contribution in [1.29, 1.82) is 0 Å². The Labute approximate surface area is 213 Å². The first-order valence-electron chi connectivity index (χ1n) is 12.3. The predicted octanol–water partition coefficient (Wildman–Crippen LogP) is 5.62. The fourth-order valence-electron chi connectivity index (χ4n) is 4.35. The Hall–Kier alpha value is -3.23. The number of anilines is 1. The number of nitrogens with one attached hydrogen (secondary N) is 1. The van der Waals surface area contributed by atoms with Crippen molar-refractivity contribution in [1.82, 2.24) is 9.46 Å². The van der Waals surface area contributed by atoms with Crippen molar-refractivity contribution in [2.24, 2.45) is 5.92 Å². The molecule has 1 saturated heterocycles. The molecule has 1 N–H and O–H groups in total. The minimum Gasteiger partial charge on any atom is -0.355 e. The molecular weight excluding hydrogens is 474 g/mol. The molecule has 7 nitrogen and oxygen atoms in total. The molecule has 190 valence electrons. The zero-order valence-corrected chi connectivity index (χ0v) is 22.0. The number of piperidine rings is 1. The van der Waals surface area contributed by atoms with Crippen LogP contribution in [0.15, 0.2) is 57.9 Å². The van der Waals surface area contributed by atoms with Gasteiger partial charge in [0.1, 0.15) is 5.69 Å². The average Bonchev–Trinajstić information content (AvgIpc) is 3.25. The summed E-state index contributed by atoms with van der Waals surface area (Å²) in [5.74, 6) is -0.0204. The standard InChI is InChI=1S/C28H33N3O4S/c1-19(2)23-12-14-25(15-13-23)29-28(32)24-6-5-17-31(18-24)36(33,34)27-21(4)30-35-26(27)16-11-22-9-7-20(3)8-10-22/h7-16,19,24H,5-6,17-18H2,1-4H3,(H,29,32)/b16-11+/t24-/m1/s1. The molecule has 1 aromatic heterocycles.